The number of alkyl carbamates (subject to hydrolysis) is 1. The van der Waals surface area contributed by atoms with Gasteiger partial charge in [0.1, 0.15) is 12.6 Å². The third kappa shape index (κ3) is 8.44. The Kier molecular flexibility index (Phi) is 9.06. The Balaban J connectivity index is 1.67. The van der Waals surface area contributed by atoms with E-state index in [1.54, 1.807) is 6.08 Å². The number of carbonyl (C=O) groups is 3. The molecule has 2 aromatic carbocycles. The maximum absolute atomic E-state index is 13.1. The van der Waals surface area contributed by atoms with E-state index in [4.69, 9.17) is 4.74 Å². The second-order valence-corrected chi connectivity index (χ2v) is 8.21. The van der Waals surface area contributed by atoms with Crippen LogP contribution in [0.2, 0.25) is 0 Å². The number of amides is 3. The van der Waals surface area contributed by atoms with Crippen molar-refractivity contribution in [3.63, 3.8) is 0 Å². The van der Waals surface area contributed by atoms with Crippen molar-refractivity contribution in [3.8, 4) is 0 Å². The average molecular weight is 450 g/mol. The van der Waals surface area contributed by atoms with Crippen molar-refractivity contribution < 1.29 is 19.1 Å². The van der Waals surface area contributed by atoms with Gasteiger partial charge in [-0.2, -0.15) is 0 Å². The van der Waals surface area contributed by atoms with E-state index in [2.05, 4.69) is 16.0 Å². The van der Waals surface area contributed by atoms with Gasteiger partial charge >= 0.3 is 6.09 Å². The molecule has 1 aliphatic rings. The van der Waals surface area contributed by atoms with Gasteiger partial charge in [-0.25, -0.2) is 4.79 Å². The van der Waals surface area contributed by atoms with Gasteiger partial charge in [-0.3, -0.25) is 9.59 Å². The molecule has 3 amide bonds. The molecule has 7 heteroatoms. The van der Waals surface area contributed by atoms with E-state index in [0.717, 1.165) is 16.7 Å². The van der Waals surface area contributed by atoms with Crippen LogP contribution < -0.4 is 16.0 Å². The fourth-order valence-corrected chi connectivity index (χ4v) is 3.67. The molecular weight excluding hydrogens is 418 g/mol. The lowest BCUT2D eigenvalue weighted by Gasteiger charge is -2.22. The lowest BCUT2D eigenvalue weighted by atomic mass is 10.0. The van der Waals surface area contributed by atoms with Gasteiger partial charge in [-0.15, -0.1) is 0 Å². The van der Waals surface area contributed by atoms with E-state index < -0.39 is 18.2 Å². The Bertz CT molecular complexity index is 975. The maximum atomic E-state index is 13.1. The second-order valence-electron chi connectivity index (χ2n) is 8.21. The normalized spacial score (nSPS) is 20.4. The molecule has 1 aliphatic heterocycles. The van der Waals surface area contributed by atoms with Crippen LogP contribution in [0.25, 0.3) is 0 Å². The highest BCUT2D eigenvalue weighted by molar-refractivity contribution is 5.88. The zero-order valence-corrected chi connectivity index (χ0v) is 18.9. The number of hydrogen-bond acceptors (Lipinski definition) is 4. The van der Waals surface area contributed by atoms with Crippen molar-refractivity contribution in [1.82, 2.24) is 16.0 Å². The van der Waals surface area contributed by atoms with E-state index in [1.807, 2.05) is 61.5 Å². The summed E-state index contributed by atoms with van der Waals surface area (Å²) >= 11 is 0. The summed E-state index contributed by atoms with van der Waals surface area (Å²) in [5.74, 6) is -0.479. The quantitative estimate of drug-likeness (QED) is 0.653. The first kappa shape index (κ1) is 24.0. The number of nitrogens with one attached hydrogen (secondary N) is 3. The summed E-state index contributed by atoms with van der Waals surface area (Å²) in [6, 6.07) is 16.3. The van der Waals surface area contributed by atoms with Crippen LogP contribution in [0.4, 0.5) is 4.79 Å². The predicted molar refractivity (Wildman–Crippen MR) is 126 cm³/mol. The van der Waals surface area contributed by atoms with Gasteiger partial charge in [0.2, 0.25) is 11.8 Å². The zero-order chi connectivity index (χ0) is 23.5. The number of aryl methyl sites for hydroxylation is 1. The first-order valence-electron chi connectivity index (χ1n) is 11.3. The molecule has 2 atom stereocenters. The molecule has 174 valence electrons. The van der Waals surface area contributed by atoms with Crippen LogP contribution >= 0.6 is 0 Å². The first-order valence-corrected chi connectivity index (χ1v) is 11.3. The van der Waals surface area contributed by atoms with Gasteiger partial charge in [0.15, 0.2) is 0 Å². The van der Waals surface area contributed by atoms with Crippen LogP contribution in [0.15, 0.2) is 66.7 Å². The summed E-state index contributed by atoms with van der Waals surface area (Å²) in [7, 11) is 0. The molecular formula is C26H31N3O4. The molecule has 1 heterocycles. The average Bonchev–Trinajstić information content (AvgIpc) is 2.80. The minimum absolute atomic E-state index is 0.131. The maximum Gasteiger partial charge on any atom is 0.408 e. The Labute approximate surface area is 194 Å². The van der Waals surface area contributed by atoms with E-state index >= 15 is 0 Å². The molecule has 0 saturated heterocycles. The second kappa shape index (κ2) is 12.4. The zero-order valence-electron chi connectivity index (χ0n) is 18.9. The Morgan fingerprint density at radius 3 is 2.64 bits per heavy atom. The molecule has 0 aromatic heterocycles. The van der Waals surface area contributed by atoms with Crippen LogP contribution in [0.3, 0.4) is 0 Å². The monoisotopic (exact) mass is 449 g/mol. The number of ether oxygens (including phenoxy) is 1. The van der Waals surface area contributed by atoms with E-state index in [0.29, 0.717) is 32.2 Å². The number of hydrogen-bond donors (Lipinski definition) is 3. The van der Waals surface area contributed by atoms with E-state index in [1.165, 1.54) is 6.08 Å². The van der Waals surface area contributed by atoms with Crippen LogP contribution in [0, 0.1) is 6.92 Å². The first-order chi connectivity index (χ1) is 16.0. The molecule has 0 radical (unpaired) electrons. The fourth-order valence-electron chi connectivity index (χ4n) is 3.67. The largest absolute Gasteiger partial charge is 0.445 e. The summed E-state index contributed by atoms with van der Waals surface area (Å²) in [5, 5.41) is 8.53. The minimum Gasteiger partial charge on any atom is -0.445 e. The van der Waals surface area contributed by atoms with Crippen molar-refractivity contribution in [2.24, 2.45) is 0 Å². The minimum atomic E-state index is -0.725. The standard InChI is InChI=1S/C26H31N3O4/c1-19-8-7-11-21(16-19)17-22-13-14-24(30)27-15-6-5-12-23(25(31)28-22)29-26(32)33-18-20-9-3-2-4-10-20/h2-4,7-11,13-14,16,22-23H,5-6,12,15,17-18H2,1H3,(H,27,30)(H,28,31)(H,29,32)/b14-13-/t22-,23+/m1/s1. The highest BCUT2D eigenvalue weighted by Gasteiger charge is 2.23. The van der Waals surface area contributed by atoms with Gasteiger partial charge in [0.05, 0.1) is 6.04 Å². The van der Waals surface area contributed by atoms with Crippen LogP contribution in [-0.2, 0) is 27.4 Å². The SMILES string of the molecule is Cc1cccc(C[C@H]2/C=C\C(=O)NCCCC[C@H](NC(=O)OCc3ccccc3)C(=O)N2)c1. The summed E-state index contributed by atoms with van der Waals surface area (Å²) in [5.41, 5.74) is 3.04. The highest BCUT2D eigenvalue weighted by Crippen LogP contribution is 2.10. The number of carbonyl (C=O) groups excluding carboxylic acids is 3. The van der Waals surface area contributed by atoms with Crippen molar-refractivity contribution in [2.75, 3.05) is 6.54 Å². The van der Waals surface area contributed by atoms with Crippen LogP contribution in [0.5, 0.6) is 0 Å². The van der Waals surface area contributed by atoms with Crippen molar-refractivity contribution in [3.05, 3.63) is 83.4 Å². The summed E-state index contributed by atoms with van der Waals surface area (Å²) in [4.78, 5) is 37.5. The molecule has 0 spiro atoms. The topological polar surface area (TPSA) is 96.5 Å². The Morgan fingerprint density at radius 1 is 1.06 bits per heavy atom. The molecule has 0 aliphatic carbocycles. The molecule has 0 fully saturated rings. The molecule has 7 nitrogen and oxygen atoms in total. The van der Waals surface area contributed by atoms with Crippen LogP contribution in [-0.4, -0.2) is 36.5 Å². The molecule has 0 unspecified atom stereocenters. The molecule has 0 saturated carbocycles. The predicted octanol–water partition coefficient (Wildman–Crippen LogP) is 3.17. The lowest BCUT2D eigenvalue weighted by Crippen LogP contribution is -2.50. The summed E-state index contributed by atoms with van der Waals surface area (Å²) < 4.78 is 5.30. The lowest BCUT2D eigenvalue weighted by molar-refractivity contribution is -0.124. The van der Waals surface area contributed by atoms with Gasteiger partial charge in [-0.05, 0) is 43.7 Å². The van der Waals surface area contributed by atoms with Crippen molar-refractivity contribution in [2.45, 2.75) is 51.3 Å². The smallest absolute Gasteiger partial charge is 0.408 e. The summed E-state index contributed by atoms with van der Waals surface area (Å²) in [6.45, 7) is 2.65. The van der Waals surface area contributed by atoms with Gasteiger partial charge in [0, 0.05) is 12.6 Å². The Hall–Kier alpha value is -3.61. The molecule has 3 N–H and O–H groups in total. The number of benzene rings is 2. The number of rotatable bonds is 5. The Morgan fingerprint density at radius 2 is 1.85 bits per heavy atom. The van der Waals surface area contributed by atoms with Crippen molar-refractivity contribution in [1.29, 1.82) is 0 Å². The van der Waals surface area contributed by atoms with E-state index in [-0.39, 0.29) is 18.4 Å². The van der Waals surface area contributed by atoms with Gasteiger partial charge in [0.25, 0.3) is 0 Å². The van der Waals surface area contributed by atoms with Crippen LogP contribution in [0.1, 0.15) is 36.0 Å². The highest BCUT2D eigenvalue weighted by atomic mass is 16.5. The third-order valence-corrected chi connectivity index (χ3v) is 5.39. The van der Waals surface area contributed by atoms with Gasteiger partial charge in [-0.1, -0.05) is 66.2 Å². The van der Waals surface area contributed by atoms with Crippen molar-refractivity contribution >= 4 is 17.9 Å². The molecule has 0 bridgehead atoms. The van der Waals surface area contributed by atoms with Gasteiger partial charge < -0.3 is 20.7 Å². The summed E-state index contributed by atoms with van der Waals surface area (Å²) in [6.07, 6.45) is 4.87. The van der Waals surface area contributed by atoms with E-state index in [9.17, 15) is 14.4 Å². The molecule has 3 rings (SSSR count). The fraction of sp³-hybridized carbons (Fsp3) is 0.346. The molecule has 33 heavy (non-hydrogen) atoms. The molecule has 2 aromatic rings. The third-order valence-electron chi connectivity index (χ3n) is 5.39.